The molecule has 2 rings (SSSR count). The van der Waals surface area contributed by atoms with Crippen LogP contribution in [-0.4, -0.2) is 23.0 Å². The van der Waals surface area contributed by atoms with E-state index in [4.69, 9.17) is 5.11 Å². The van der Waals surface area contributed by atoms with Crippen LogP contribution in [0.4, 0.5) is 0 Å². The average molecular weight is 253 g/mol. The monoisotopic (exact) mass is 253 g/mol. The molecule has 0 aromatic heterocycles. The Morgan fingerprint density at radius 3 is 2.22 bits per heavy atom. The normalized spacial score (nSPS) is 23.1. The number of aliphatic carboxylic acids is 1. The Balaban J connectivity index is 1.87. The van der Waals surface area contributed by atoms with Gasteiger partial charge in [-0.2, -0.15) is 0 Å². The lowest BCUT2D eigenvalue weighted by molar-refractivity contribution is -0.140. The number of rotatable bonds is 5. The minimum Gasteiger partial charge on any atom is -0.481 e. The van der Waals surface area contributed by atoms with Crippen LogP contribution in [0, 0.1) is 5.41 Å². The highest BCUT2D eigenvalue weighted by Crippen LogP contribution is 2.44. The van der Waals surface area contributed by atoms with Gasteiger partial charge in [-0.1, -0.05) is 25.7 Å². The molecule has 0 radical (unpaired) electrons. The molecule has 2 fully saturated rings. The molecule has 2 aliphatic carbocycles. The fourth-order valence-electron chi connectivity index (χ4n) is 3.55. The van der Waals surface area contributed by atoms with Crippen molar-refractivity contribution >= 4 is 11.9 Å². The maximum absolute atomic E-state index is 12.0. The second-order valence-electron chi connectivity index (χ2n) is 6.00. The van der Waals surface area contributed by atoms with E-state index in [1.807, 2.05) is 0 Å². The molecule has 4 nitrogen and oxygen atoms in total. The van der Waals surface area contributed by atoms with Gasteiger partial charge >= 0.3 is 5.97 Å². The average Bonchev–Trinajstić information content (AvgIpc) is 2.89. The van der Waals surface area contributed by atoms with Crippen molar-refractivity contribution in [2.75, 3.05) is 0 Å². The number of amides is 1. The fraction of sp³-hybridized carbons (Fsp3) is 0.857. The summed E-state index contributed by atoms with van der Waals surface area (Å²) >= 11 is 0. The highest BCUT2D eigenvalue weighted by molar-refractivity contribution is 5.78. The van der Waals surface area contributed by atoms with E-state index in [1.54, 1.807) is 0 Å². The van der Waals surface area contributed by atoms with Gasteiger partial charge in [0.05, 0.1) is 6.42 Å². The molecule has 2 N–H and O–H groups in total. The molecular formula is C14H23NO3. The zero-order valence-electron chi connectivity index (χ0n) is 10.9. The topological polar surface area (TPSA) is 66.4 Å². The lowest BCUT2D eigenvalue weighted by Crippen LogP contribution is -2.37. The second-order valence-corrected chi connectivity index (χ2v) is 6.00. The van der Waals surface area contributed by atoms with Gasteiger partial charge < -0.3 is 10.4 Å². The number of hydrogen-bond donors (Lipinski definition) is 2. The molecule has 0 unspecified atom stereocenters. The molecule has 0 aromatic carbocycles. The Morgan fingerprint density at radius 2 is 1.67 bits per heavy atom. The molecule has 102 valence electrons. The molecule has 0 spiro atoms. The zero-order chi connectivity index (χ0) is 13.0. The molecule has 0 heterocycles. The van der Waals surface area contributed by atoms with Crippen molar-refractivity contribution < 1.29 is 14.7 Å². The van der Waals surface area contributed by atoms with Gasteiger partial charge in [-0.3, -0.25) is 9.59 Å². The largest absolute Gasteiger partial charge is 0.481 e. The molecule has 2 saturated carbocycles. The lowest BCUT2D eigenvalue weighted by atomic mass is 9.79. The molecule has 4 heteroatoms. The smallest absolute Gasteiger partial charge is 0.303 e. The van der Waals surface area contributed by atoms with E-state index in [1.165, 1.54) is 12.8 Å². The Hall–Kier alpha value is -1.06. The van der Waals surface area contributed by atoms with Crippen LogP contribution in [-0.2, 0) is 9.59 Å². The molecule has 0 bridgehead atoms. The van der Waals surface area contributed by atoms with E-state index in [-0.39, 0.29) is 17.7 Å². The van der Waals surface area contributed by atoms with Gasteiger partial charge in [0, 0.05) is 12.5 Å². The van der Waals surface area contributed by atoms with Crippen LogP contribution in [0.2, 0.25) is 0 Å². The maximum atomic E-state index is 12.0. The summed E-state index contributed by atoms with van der Waals surface area (Å²) in [6, 6.07) is 0.334. The van der Waals surface area contributed by atoms with Crippen LogP contribution in [0.3, 0.4) is 0 Å². The summed E-state index contributed by atoms with van der Waals surface area (Å²) < 4.78 is 0. The van der Waals surface area contributed by atoms with Gasteiger partial charge in [0.2, 0.25) is 5.91 Å². The number of nitrogens with one attached hydrogen (secondary N) is 1. The van der Waals surface area contributed by atoms with Crippen molar-refractivity contribution in [3.05, 3.63) is 0 Å². The number of carboxylic acid groups (broad SMARTS) is 1. The lowest BCUT2D eigenvalue weighted by Gasteiger charge is -2.27. The summed E-state index contributed by atoms with van der Waals surface area (Å²) in [5.41, 5.74) is -0.269. The summed E-state index contributed by atoms with van der Waals surface area (Å²) in [4.78, 5) is 23.0. The standard InChI is InChI=1S/C14H23NO3/c16-12(15-11-5-1-2-6-11)9-14(10-13(17)18)7-3-4-8-14/h11H,1-10H2,(H,15,16)(H,17,18). The quantitative estimate of drug-likeness (QED) is 0.791. The molecule has 0 saturated heterocycles. The van der Waals surface area contributed by atoms with E-state index >= 15 is 0 Å². The van der Waals surface area contributed by atoms with Crippen LogP contribution in [0.25, 0.3) is 0 Å². The molecule has 0 aliphatic heterocycles. The number of hydrogen-bond acceptors (Lipinski definition) is 2. The van der Waals surface area contributed by atoms with E-state index < -0.39 is 5.97 Å². The van der Waals surface area contributed by atoms with Crippen molar-refractivity contribution in [3.8, 4) is 0 Å². The van der Waals surface area contributed by atoms with Gasteiger partial charge in [0.15, 0.2) is 0 Å². The highest BCUT2D eigenvalue weighted by Gasteiger charge is 2.38. The van der Waals surface area contributed by atoms with Gasteiger partial charge in [-0.05, 0) is 31.1 Å². The maximum Gasteiger partial charge on any atom is 0.303 e. The highest BCUT2D eigenvalue weighted by atomic mass is 16.4. The van der Waals surface area contributed by atoms with Crippen LogP contribution < -0.4 is 5.32 Å². The zero-order valence-corrected chi connectivity index (χ0v) is 10.9. The van der Waals surface area contributed by atoms with Crippen molar-refractivity contribution in [2.45, 2.75) is 70.3 Å². The summed E-state index contributed by atoms with van der Waals surface area (Å²) in [6.07, 6.45) is 9.00. The van der Waals surface area contributed by atoms with Gasteiger partial charge in [-0.25, -0.2) is 0 Å². The number of carbonyl (C=O) groups excluding carboxylic acids is 1. The van der Waals surface area contributed by atoms with Crippen LogP contribution in [0.5, 0.6) is 0 Å². The summed E-state index contributed by atoms with van der Waals surface area (Å²) in [7, 11) is 0. The first kappa shape index (κ1) is 13.4. The first-order valence-electron chi connectivity index (χ1n) is 7.11. The van der Waals surface area contributed by atoms with Gasteiger partial charge in [0.1, 0.15) is 0 Å². The third kappa shape index (κ3) is 3.47. The summed E-state index contributed by atoms with van der Waals surface area (Å²) in [5, 5.41) is 12.1. The fourth-order valence-corrected chi connectivity index (χ4v) is 3.55. The van der Waals surface area contributed by atoms with E-state index in [0.29, 0.717) is 12.5 Å². The molecule has 0 atom stereocenters. The molecule has 18 heavy (non-hydrogen) atoms. The Morgan fingerprint density at radius 1 is 1.06 bits per heavy atom. The van der Waals surface area contributed by atoms with Crippen LogP contribution >= 0.6 is 0 Å². The predicted octanol–water partition coefficient (Wildman–Crippen LogP) is 2.47. The first-order chi connectivity index (χ1) is 8.60. The molecule has 1 amide bonds. The Bertz CT molecular complexity index is 315. The molecular weight excluding hydrogens is 230 g/mol. The minimum atomic E-state index is -0.773. The molecule has 0 aromatic rings. The second kappa shape index (κ2) is 5.72. The van der Waals surface area contributed by atoms with E-state index in [2.05, 4.69) is 5.32 Å². The Kier molecular flexibility index (Phi) is 4.25. The predicted molar refractivity (Wildman–Crippen MR) is 68.2 cm³/mol. The van der Waals surface area contributed by atoms with E-state index in [9.17, 15) is 9.59 Å². The summed E-state index contributed by atoms with van der Waals surface area (Å²) in [6.45, 7) is 0. The number of carboxylic acids is 1. The van der Waals surface area contributed by atoms with Gasteiger partial charge in [0.25, 0.3) is 0 Å². The minimum absolute atomic E-state index is 0.0602. The van der Waals surface area contributed by atoms with Crippen molar-refractivity contribution in [3.63, 3.8) is 0 Å². The third-order valence-corrected chi connectivity index (χ3v) is 4.45. The van der Waals surface area contributed by atoms with Crippen molar-refractivity contribution in [2.24, 2.45) is 5.41 Å². The third-order valence-electron chi connectivity index (χ3n) is 4.45. The van der Waals surface area contributed by atoms with Crippen LogP contribution in [0.1, 0.15) is 64.2 Å². The molecule has 2 aliphatic rings. The Labute approximate surface area is 108 Å². The SMILES string of the molecule is O=C(O)CC1(CC(=O)NC2CCCC2)CCCC1. The van der Waals surface area contributed by atoms with E-state index in [0.717, 1.165) is 38.5 Å². The van der Waals surface area contributed by atoms with Crippen LogP contribution in [0.15, 0.2) is 0 Å². The van der Waals surface area contributed by atoms with Gasteiger partial charge in [-0.15, -0.1) is 0 Å². The van der Waals surface area contributed by atoms with Crippen molar-refractivity contribution in [1.82, 2.24) is 5.32 Å². The number of carbonyl (C=O) groups is 2. The first-order valence-corrected chi connectivity index (χ1v) is 7.11. The summed E-state index contributed by atoms with van der Waals surface area (Å²) in [5.74, 6) is -0.712. The van der Waals surface area contributed by atoms with Crippen molar-refractivity contribution in [1.29, 1.82) is 0 Å².